The Morgan fingerprint density at radius 2 is 2.29 bits per heavy atom. The number of ether oxygens (including phenoxy) is 1. The van der Waals surface area contributed by atoms with Crippen molar-refractivity contribution >= 4 is 17.7 Å². The van der Waals surface area contributed by atoms with Crippen molar-refractivity contribution in [2.75, 3.05) is 19.9 Å². The Morgan fingerprint density at radius 1 is 1.59 bits per heavy atom. The molecule has 1 atom stereocenters. The molecular weight excluding hydrogens is 238 g/mol. The van der Waals surface area contributed by atoms with Crippen LogP contribution >= 0.6 is 11.8 Å². The smallest absolute Gasteiger partial charge is 0.255 e. The highest BCUT2D eigenvalue weighted by molar-refractivity contribution is 7.99. The van der Waals surface area contributed by atoms with Gasteiger partial charge in [0, 0.05) is 11.8 Å². The zero-order chi connectivity index (χ0) is 12.8. The number of thioether (sulfide) groups is 1. The molecule has 1 aromatic rings. The van der Waals surface area contributed by atoms with Crippen molar-refractivity contribution < 1.29 is 14.6 Å². The summed E-state index contributed by atoms with van der Waals surface area (Å²) in [6.45, 7) is 2.59. The maximum absolute atomic E-state index is 11.8. The van der Waals surface area contributed by atoms with Crippen molar-refractivity contribution in [2.24, 2.45) is 0 Å². The van der Waals surface area contributed by atoms with Crippen molar-refractivity contribution in [3.8, 4) is 11.5 Å². The van der Waals surface area contributed by atoms with Gasteiger partial charge in [-0.1, -0.05) is 13.0 Å². The van der Waals surface area contributed by atoms with E-state index in [1.165, 1.54) is 7.11 Å². The lowest BCUT2D eigenvalue weighted by molar-refractivity contribution is 0.0951. The van der Waals surface area contributed by atoms with Crippen LogP contribution in [-0.2, 0) is 0 Å². The number of benzene rings is 1. The predicted molar refractivity (Wildman–Crippen MR) is 70.0 cm³/mol. The van der Waals surface area contributed by atoms with Crippen LogP contribution in [0, 0.1) is 0 Å². The molecule has 17 heavy (non-hydrogen) atoms. The molecule has 1 aromatic carbocycles. The van der Waals surface area contributed by atoms with Gasteiger partial charge in [0.1, 0.15) is 0 Å². The monoisotopic (exact) mass is 255 g/mol. The molecular formula is C12H17NO3S. The normalized spacial score (nSPS) is 11.9. The fraction of sp³-hybridized carbons (Fsp3) is 0.417. The number of para-hydroxylation sites is 1. The molecule has 0 aliphatic carbocycles. The minimum atomic E-state index is -0.290. The van der Waals surface area contributed by atoms with Gasteiger partial charge in [-0.05, 0) is 18.4 Å². The van der Waals surface area contributed by atoms with E-state index in [0.29, 0.717) is 17.5 Å². The molecule has 94 valence electrons. The van der Waals surface area contributed by atoms with Crippen LogP contribution in [0.25, 0.3) is 0 Å². The second kappa shape index (κ2) is 6.39. The summed E-state index contributed by atoms with van der Waals surface area (Å²) in [4.78, 5) is 11.8. The highest BCUT2D eigenvalue weighted by Crippen LogP contribution is 2.29. The van der Waals surface area contributed by atoms with Crippen LogP contribution in [0.4, 0.5) is 0 Å². The summed E-state index contributed by atoms with van der Waals surface area (Å²) in [6.07, 6.45) is 1.99. The van der Waals surface area contributed by atoms with Gasteiger partial charge in [0.05, 0.1) is 12.7 Å². The van der Waals surface area contributed by atoms with Crippen molar-refractivity contribution in [1.82, 2.24) is 5.32 Å². The first-order valence-corrected chi connectivity index (χ1v) is 6.56. The van der Waals surface area contributed by atoms with Crippen molar-refractivity contribution in [3.63, 3.8) is 0 Å². The average Bonchev–Trinajstić information content (AvgIpc) is 2.35. The van der Waals surface area contributed by atoms with Gasteiger partial charge in [0.25, 0.3) is 5.91 Å². The first-order chi connectivity index (χ1) is 8.10. The van der Waals surface area contributed by atoms with E-state index >= 15 is 0 Å². The molecule has 5 heteroatoms. The van der Waals surface area contributed by atoms with E-state index in [2.05, 4.69) is 5.32 Å². The summed E-state index contributed by atoms with van der Waals surface area (Å²) >= 11 is 1.67. The van der Waals surface area contributed by atoms with Gasteiger partial charge in [-0.15, -0.1) is 0 Å². The van der Waals surface area contributed by atoms with E-state index in [1.54, 1.807) is 30.0 Å². The van der Waals surface area contributed by atoms with E-state index in [1.807, 2.05) is 13.2 Å². The van der Waals surface area contributed by atoms with Gasteiger partial charge in [0.2, 0.25) is 0 Å². The molecule has 0 saturated heterocycles. The van der Waals surface area contributed by atoms with Crippen molar-refractivity contribution in [1.29, 1.82) is 0 Å². The van der Waals surface area contributed by atoms with Gasteiger partial charge in [-0.25, -0.2) is 0 Å². The standard InChI is InChI=1S/C12H17NO3S/c1-8(17-3)7-13-12(15)9-5-4-6-10(16-2)11(9)14/h4-6,8,14H,7H2,1-3H3,(H,13,15). The molecule has 0 heterocycles. The third-order valence-electron chi connectivity index (χ3n) is 2.42. The first-order valence-electron chi connectivity index (χ1n) is 5.27. The maximum atomic E-state index is 11.8. The summed E-state index contributed by atoms with van der Waals surface area (Å²) in [5.74, 6) is -0.109. The fourth-order valence-electron chi connectivity index (χ4n) is 1.29. The van der Waals surface area contributed by atoms with Crippen molar-refractivity contribution in [3.05, 3.63) is 23.8 Å². The number of phenolic OH excluding ortho intramolecular Hbond substituents is 1. The number of carbonyl (C=O) groups excluding carboxylic acids is 1. The molecule has 1 amide bonds. The molecule has 0 fully saturated rings. The largest absolute Gasteiger partial charge is 0.504 e. The van der Waals surface area contributed by atoms with Gasteiger partial charge < -0.3 is 15.2 Å². The number of rotatable bonds is 5. The Morgan fingerprint density at radius 3 is 2.88 bits per heavy atom. The summed E-state index contributed by atoms with van der Waals surface area (Å²) in [5.41, 5.74) is 0.234. The summed E-state index contributed by atoms with van der Waals surface area (Å²) in [5, 5.41) is 12.9. The number of hydrogen-bond donors (Lipinski definition) is 2. The second-order valence-electron chi connectivity index (χ2n) is 3.61. The molecule has 0 saturated carbocycles. The number of phenols is 1. The molecule has 2 N–H and O–H groups in total. The SMILES string of the molecule is COc1cccc(C(=O)NCC(C)SC)c1O. The summed E-state index contributed by atoms with van der Waals surface area (Å²) in [7, 11) is 1.45. The Kier molecular flexibility index (Phi) is 5.15. The van der Waals surface area contributed by atoms with Crippen LogP contribution in [0.2, 0.25) is 0 Å². The zero-order valence-electron chi connectivity index (χ0n) is 10.2. The fourth-order valence-corrected chi connectivity index (χ4v) is 1.54. The Labute approximate surface area is 105 Å². The van der Waals surface area contributed by atoms with Crippen LogP contribution in [0.3, 0.4) is 0 Å². The van der Waals surface area contributed by atoms with E-state index in [-0.39, 0.29) is 17.2 Å². The number of carbonyl (C=O) groups is 1. The topological polar surface area (TPSA) is 58.6 Å². The number of amides is 1. The summed E-state index contributed by atoms with van der Waals surface area (Å²) < 4.78 is 4.95. The third-order valence-corrected chi connectivity index (χ3v) is 3.39. The maximum Gasteiger partial charge on any atom is 0.255 e. The van der Waals surface area contributed by atoms with Gasteiger partial charge in [-0.2, -0.15) is 11.8 Å². The minimum Gasteiger partial charge on any atom is -0.504 e. The van der Waals surface area contributed by atoms with Gasteiger partial charge >= 0.3 is 0 Å². The molecule has 1 rings (SSSR count). The quantitative estimate of drug-likeness (QED) is 0.843. The Hall–Kier alpha value is -1.36. The van der Waals surface area contributed by atoms with Gasteiger partial charge in [-0.3, -0.25) is 4.79 Å². The lowest BCUT2D eigenvalue weighted by atomic mass is 10.1. The molecule has 0 aliphatic heterocycles. The van der Waals surface area contributed by atoms with Crippen LogP contribution in [0.1, 0.15) is 17.3 Å². The first kappa shape index (κ1) is 13.7. The molecule has 0 radical (unpaired) electrons. The van der Waals surface area contributed by atoms with Gasteiger partial charge in [0.15, 0.2) is 11.5 Å². The molecule has 0 aliphatic rings. The lowest BCUT2D eigenvalue weighted by Gasteiger charge is -2.11. The van der Waals surface area contributed by atoms with E-state index < -0.39 is 0 Å². The zero-order valence-corrected chi connectivity index (χ0v) is 11.0. The molecule has 4 nitrogen and oxygen atoms in total. The van der Waals surface area contributed by atoms with Crippen LogP contribution < -0.4 is 10.1 Å². The van der Waals surface area contributed by atoms with E-state index in [9.17, 15) is 9.90 Å². The minimum absolute atomic E-state index is 0.121. The van der Waals surface area contributed by atoms with E-state index in [4.69, 9.17) is 4.74 Å². The van der Waals surface area contributed by atoms with E-state index in [0.717, 1.165) is 0 Å². The summed E-state index contributed by atoms with van der Waals surface area (Å²) in [6, 6.07) is 4.85. The molecule has 0 aromatic heterocycles. The number of methoxy groups -OCH3 is 1. The van der Waals surface area contributed by atoms with Crippen LogP contribution in [-0.4, -0.2) is 36.2 Å². The Balaban J connectivity index is 2.75. The number of nitrogens with one attached hydrogen (secondary N) is 1. The molecule has 0 bridgehead atoms. The third kappa shape index (κ3) is 3.56. The van der Waals surface area contributed by atoms with Crippen LogP contribution in [0.5, 0.6) is 11.5 Å². The second-order valence-corrected chi connectivity index (χ2v) is 4.89. The molecule has 1 unspecified atom stereocenters. The number of aromatic hydroxyl groups is 1. The lowest BCUT2D eigenvalue weighted by Crippen LogP contribution is -2.29. The van der Waals surface area contributed by atoms with Crippen LogP contribution in [0.15, 0.2) is 18.2 Å². The van der Waals surface area contributed by atoms with Crippen molar-refractivity contribution in [2.45, 2.75) is 12.2 Å². The highest BCUT2D eigenvalue weighted by atomic mass is 32.2. The average molecular weight is 255 g/mol. The Bertz CT molecular complexity index is 395. The number of hydrogen-bond acceptors (Lipinski definition) is 4. The highest BCUT2D eigenvalue weighted by Gasteiger charge is 2.14. The molecule has 0 spiro atoms. The predicted octanol–water partition coefficient (Wildman–Crippen LogP) is 1.88.